The molecule has 0 bridgehead atoms. The smallest absolute Gasteiger partial charge is 0.232 e. The number of amides is 1. The zero-order valence-electron chi connectivity index (χ0n) is 16.7. The Balaban J connectivity index is 2.00. The molecular formula is C23H24N2O3S. The number of rotatable bonds is 6. The molecule has 3 aromatic rings. The number of nitrogens with zero attached hydrogens (tertiary/aromatic N) is 1. The van der Waals surface area contributed by atoms with Crippen LogP contribution in [0, 0.1) is 0 Å². The summed E-state index contributed by atoms with van der Waals surface area (Å²) in [5, 5.41) is 2.93. The van der Waals surface area contributed by atoms with E-state index in [2.05, 4.69) is 5.32 Å². The van der Waals surface area contributed by atoms with E-state index in [9.17, 15) is 13.2 Å². The highest BCUT2D eigenvalue weighted by Crippen LogP contribution is 2.33. The summed E-state index contributed by atoms with van der Waals surface area (Å²) in [6.45, 7) is 1.83. The zero-order valence-corrected chi connectivity index (χ0v) is 17.5. The van der Waals surface area contributed by atoms with E-state index in [1.807, 2.05) is 79.7 Å². The van der Waals surface area contributed by atoms with Crippen LogP contribution < -0.4 is 9.62 Å². The second-order valence-corrected chi connectivity index (χ2v) is 8.96. The Hall–Kier alpha value is -3.12. The van der Waals surface area contributed by atoms with Crippen LogP contribution in [0.25, 0.3) is 11.1 Å². The van der Waals surface area contributed by atoms with Gasteiger partial charge in [0.25, 0.3) is 0 Å². The van der Waals surface area contributed by atoms with Crippen LogP contribution in [-0.4, -0.2) is 27.6 Å². The molecule has 1 N–H and O–H groups in total. The molecule has 0 aromatic heterocycles. The number of carbonyl (C=O) groups is 1. The quantitative estimate of drug-likeness (QED) is 0.653. The van der Waals surface area contributed by atoms with Crippen molar-refractivity contribution in [2.75, 3.05) is 22.9 Å². The van der Waals surface area contributed by atoms with Crippen molar-refractivity contribution in [3.63, 3.8) is 0 Å². The molecular weight excluding hydrogens is 384 g/mol. The summed E-state index contributed by atoms with van der Waals surface area (Å²) in [6, 6.07) is 24.6. The van der Waals surface area contributed by atoms with E-state index in [1.165, 1.54) is 11.4 Å². The van der Waals surface area contributed by atoms with Gasteiger partial charge in [-0.2, -0.15) is 0 Å². The van der Waals surface area contributed by atoms with Crippen molar-refractivity contribution in [1.29, 1.82) is 0 Å². The van der Waals surface area contributed by atoms with Crippen LogP contribution in [0.3, 0.4) is 0 Å². The van der Waals surface area contributed by atoms with Crippen LogP contribution in [0.1, 0.15) is 18.4 Å². The number of anilines is 2. The van der Waals surface area contributed by atoms with E-state index < -0.39 is 10.0 Å². The summed E-state index contributed by atoms with van der Waals surface area (Å²) in [5.74, 6) is -0.586. The molecule has 29 heavy (non-hydrogen) atoms. The second-order valence-electron chi connectivity index (χ2n) is 6.95. The minimum atomic E-state index is -3.48. The summed E-state index contributed by atoms with van der Waals surface area (Å²) in [4.78, 5) is 12.9. The molecule has 3 aromatic carbocycles. The van der Waals surface area contributed by atoms with E-state index in [-0.39, 0.29) is 11.8 Å². The summed E-state index contributed by atoms with van der Waals surface area (Å²) >= 11 is 0. The Labute approximate surface area is 172 Å². The van der Waals surface area contributed by atoms with Crippen LogP contribution in [0.4, 0.5) is 11.4 Å². The first-order chi connectivity index (χ1) is 13.8. The van der Waals surface area contributed by atoms with Gasteiger partial charge >= 0.3 is 0 Å². The van der Waals surface area contributed by atoms with Crippen LogP contribution in [-0.2, 0) is 14.8 Å². The molecule has 6 heteroatoms. The molecule has 3 rings (SSSR count). The highest BCUT2D eigenvalue weighted by molar-refractivity contribution is 7.92. The van der Waals surface area contributed by atoms with E-state index >= 15 is 0 Å². The molecule has 0 aliphatic rings. The third-order valence-electron chi connectivity index (χ3n) is 4.89. The number of hydrogen-bond acceptors (Lipinski definition) is 3. The lowest BCUT2D eigenvalue weighted by Crippen LogP contribution is -2.27. The van der Waals surface area contributed by atoms with Gasteiger partial charge in [0.05, 0.1) is 23.5 Å². The molecule has 1 amide bonds. The highest BCUT2D eigenvalue weighted by atomic mass is 32.2. The number of carbonyl (C=O) groups excluding carboxylic acids is 1. The Morgan fingerprint density at radius 2 is 1.48 bits per heavy atom. The lowest BCUT2D eigenvalue weighted by atomic mass is 10.00. The van der Waals surface area contributed by atoms with Crippen molar-refractivity contribution in [3.05, 3.63) is 84.4 Å². The van der Waals surface area contributed by atoms with Gasteiger partial charge in [-0.25, -0.2) is 8.42 Å². The van der Waals surface area contributed by atoms with Crippen molar-refractivity contribution in [3.8, 4) is 11.1 Å². The third kappa shape index (κ3) is 4.84. The summed E-state index contributed by atoms with van der Waals surface area (Å²) < 4.78 is 25.4. The molecule has 0 aliphatic carbocycles. The van der Waals surface area contributed by atoms with Crippen molar-refractivity contribution in [1.82, 2.24) is 0 Å². The topological polar surface area (TPSA) is 66.5 Å². The standard InChI is InChI=1S/C23H24N2O3S/c1-17(18-10-6-4-7-11-18)23(26)24-21-16-20(19-12-8-5-9-13-19)14-15-22(21)25(2)29(3,27)28/h4-17H,1-3H3,(H,24,26). The van der Waals surface area contributed by atoms with Crippen LogP contribution in [0.2, 0.25) is 0 Å². The predicted molar refractivity (Wildman–Crippen MR) is 119 cm³/mol. The normalized spacial score (nSPS) is 12.2. The Morgan fingerprint density at radius 1 is 0.897 bits per heavy atom. The van der Waals surface area contributed by atoms with Crippen molar-refractivity contribution >= 4 is 27.3 Å². The minimum absolute atomic E-state index is 0.204. The van der Waals surface area contributed by atoms with E-state index in [0.717, 1.165) is 22.9 Å². The molecule has 1 atom stereocenters. The van der Waals surface area contributed by atoms with E-state index in [1.54, 1.807) is 6.07 Å². The molecule has 0 aliphatic heterocycles. The first-order valence-electron chi connectivity index (χ1n) is 9.26. The van der Waals surface area contributed by atoms with E-state index in [4.69, 9.17) is 0 Å². The third-order valence-corrected chi connectivity index (χ3v) is 6.08. The van der Waals surface area contributed by atoms with Gasteiger partial charge in [-0.1, -0.05) is 66.7 Å². The number of sulfonamides is 1. The molecule has 0 saturated carbocycles. The van der Waals surface area contributed by atoms with Gasteiger partial charge in [0.15, 0.2) is 0 Å². The lowest BCUT2D eigenvalue weighted by Gasteiger charge is -2.22. The molecule has 0 spiro atoms. The molecule has 0 heterocycles. The van der Waals surface area contributed by atoms with Gasteiger partial charge < -0.3 is 5.32 Å². The SMILES string of the molecule is CC(C(=O)Nc1cc(-c2ccccc2)ccc1N(C)S(C)(=O)=O)c1ccccc1. The summed E-state index contributed by atoms with van der Waals surface area (Å²) in [5.41, 5.74) is 3.63. The molecule has 0 fully saturated rings. The van der Waals surface area contributed by atoms with Crippen LogP contribution >= 0.6 is 0 Å². The zero-order chi connectivity index (χ0) is 21.0. The van der Waals surface area contributed by atoms with Gasteiger partial charge in [-0.05, 0) is 35.7 Å². The van der Waals surface area contributed by atoms with Crippen molar-refractivity contribution in [2.45, 2.75) is 12.8 Å². The average molecular weight is 409 g/mol. The largest absolute Gasteiger partial charge is 0.324 e. The fourth-order valence-corrected chi connectivity index (χ4v) is 3.55. The van der Waals surface area contributed by atoms with E-state index in [0.29, 0.717) is 11.4 Å². The maximum atomic E-state index is 12.9. The highest BCUT2D eigenvalue weighted by Gasteiger charge is 2.21. The molecule has 5 nitrogen and oxygen atoms in total. The molecule has 150 valence electrons. The van der Waals surface area contributed by atoms with Crippen molar-refractivity contribution < 1.29 is 13.2 Å². The number of nitrogens with one attached hydrogen (secondary N) is 1. The molecule has 0 radical (unpaired) electrons. The lowest BCUT2D eigenvalue weighted by molar-refractivity contribution is -0.117. The number of benzene rings is 3. The van der Waals surface area contributed by atoms with Crippen LogP contribution in [0.5, 0.6) is 0 Å². The Morgan fingerprint density at radius 3 is 2.07 bits per heavy atom. The first kappa shape index (κ1) is 20.6. The summed E-state index contributed by atoms with van der Waals surface area (Å²) in [7, 11) is -2.01. The van der Waals surface area contributed by atoms with Crippen LogP contribution in [0.15, 0.2) is 78.9 Å². The fourth-order valence-electron chi connectivity index (χ4n) is 3.03. The van der Waals surface area contributed by atoms with Gasteiger partial charge in [0.1, 0.15) is 0 Å². The monoisotopic (exact) mass is 408 g/mol. The Bertz CT molecular complexity index is 1100. The Kier molecular flexibility index (Phi) is 6.03. The van der Waals surface area contributed by atoms with Gasteiger partial charge in [0, 0.05) is 7.05 Å². The minimum Gasteiger partial charge on any atom is -0.324 e. The fraction of sp³-hybridized carbons (Fsp3) is 0.174. The summed E-state index contributed by atoms with van der Waals surface area (Å²) in [6.07, 6.45) is 1.14. The average Bonchev–Trinajstić information content (AvgIpc) is 2.73. The first-order valence-corrected chi connectivity index (χ1v) is 11.1. The second kappa shape index (κ2) is 8.49. The van der Waals surface area contributed by atoms with Crippen molar-refractivity contribution in [2.24, 2.45) is 0 Å². The predicted octanol–water partition coefficient (Wildman–Crippen LogP) is 4.49. The van der Waals surface area contributed by atoms with Gasteiger partial charge in [0.2, 0.25) is 15.9 Å². The number of hydrogen-bond donors (Lipinski definition) is 1. The maximum Gasteiger partial charge on any atom is 0.232 e. The van der Waals surface area contributed by atoms with Gasteiger partial charge in [-0.3, -0.25) is 9.10 Å². The molecule has 0 saturated heterocycles. The van der Waals surface area contributed by atoms with Gasteiger partial charge in [-0.15, -0.1) is 0 Å². The molecule has 1 unspecified atom stereocenters. The maximum absolute atomic E-state index is 12.9.